The predicted octanol–water partition coefficient (Wildman–Crippen LogP) is 3.55. The van der Waals surface area contributed by atoms with Gasteiger partial charge in [-0.1, -0.05) is 33.1 Å². The zero-order valence-corrected chi connectivity index (χ0v) is 17.4. The maximum absolute atomic E-state index is 12.5. The van der Waals surface area contributed by atoms with Crippen molar-refractivity contribution in [1.29, 1.82) is 0 Å². The SMILES string of the molecule is CC1CC(CN(C)C)CC(C)C1OC(=O)Cc1nc(C2CCCCC2)n[nH]1. The summed E-state index contributed by atoms with van der Waals surface area (Å²) in [4.78, 5) is 19.3. The van der Waals surface area contributed by atoms with Gasteiger partial charge in [0.2, 0.25) is 0 Å². The second-order valence-electron chi connectivity index (χ2n) is 9.16. The lowest BCUT2D eigenvalue weighted by Gasteiger charge is -2.39. The average molecular weight is 377 g/mol. The molecule has 27 heavy (non-hydrogen) atoms. The highest BCUT2D eigenvalue weighted by atomic mass is 16.5. The molecule has 1 aromatic rings. The van der Waals surface area contributed by atoms with Gasteiger partial charge in [0.05, 0.1) is 0 Å². The second kappa shape index (κ2) is 9.18. The zero-order valence-electron chi connectivity index (χ0n) is 17.4. The Morgan fingerprint density at radius 2 is 1.81 bits per heavy atom. The van der Waals surface area contributed by atoms with Crippen LogP contribution in [-0.2, 0) is 16.0 Å². The Morgan fingerprint density at radius 3 is 2.44 bits per heavy atom. The lowest BCUT2D eigenvalue weighted by atomic mass is 9.74. The summed E-state index contributed by atoms with van der Waals surface area (Å²) in [5.74, 6) is 3.27. The van der Waals surface area contributed by atoms with E-state index in [2.05, 4.69) is 48.0 Å². The van der Waals surface area contributed by atoms with Crippen molar-refractivity contribution >= 4 is 5.97 Å². The molecule has 0 amide bonds. The normalized spacial score (nSPS) is 29.8. The Bertz CT molecular complexity index is 597. The molecule has 1 heterocycles. The van der Waals surface area contributed by atoms with Crippen LogP contribution in [0.2, 0.25) is 0 Å². The number of H-pyrrole nitrogens is 1. The van der Waals surface area contributed by atoms with Crippen molar-refractivity contribution < 1.29 is 9.53 Å². The molecular formula is C21H36N4O2. The topological polar surface area (TPSA) is 71.1 Å². The van der Waals surface area contributed by atoms with E-state index in [0.717, 1.165) is 38.1 Å². The number of esters is 1. The van der Waals surface area contributed by atoms with Crippen LogP contribution in [-0.4, -0.2) is 52.8 Å². The maximum Gasteiger partial charge on any atom is 0.313 e. The Morgan fingerprint density at radius 1 is 1.15 bits per heavy atom. The highest BCUT2D eigenvalue weighted by molar-refractivity contribution is 5.71. The summed E-state index contributed by atoms with van der Waals surface area (Å²) < 4.78 is 5.89. The molecule has 6 heteroatoms. The number of carbonyl (C=O) groups is 1. The number of aromatic nitrogens is 3. The van der Waals surface area contributed by atoms with Crippen LogP contribution in [0.25, 0.3) is 0 Å². The Labute approximate surface area is 163 Å². The molecule has 3 rings (SSSR count). The molecule has 0 aromatic carbocycles. The molecule has 2 aliphatic carbocycles. The molecule has 0 aliphatic heterocycles. The largest absolute Gasteiger partial charge is 0.461 e. The smallest absolute Gasteiger partial charge is 0.313 e. The summed E-state index contributed by atoms with van der Waals surface area (Å²) in [7, 11) is 4.25. The summed E-state index contributed by atoms with van der Waals surface area (Å²) in [5.41, 5.74) is 0. The monoisotopic (exact) mass is 376 g/mol. The fourth-order valence-electron chi connectivity index (χ4n) is 5.14. The van der Waals surface area contributed by atoms with Crippen molar-refractivity contribution in [3.63, 3.8) is 0 Å². The van der Waals surface area contributed by atoms with Gasteiger partial charge in [-0.15, -0.1) is 0 Å². The van der Waals surface area contributed by atoms with E-state index in [1.807, 2.05) is 0 Å². The zero-order chi connectivity index (χ0) is 19.4. The van der Waals surface area contributed by atoms with Crippen LogP contribution < -0.4 is 0 Å². The third-order valence-electron chi connectivity index (χ3n) is 6.25. The number of nitrogens with one attached hydrogen (secondary N) is 1. The van der Waals surface area contributed by atoms with E-state index in [4.69, 9.17) is 4.74 Å². The van der Waals surface area contributed by atoms with Gasteiger partial charge in [0, 0.05) is 12.5 Å². The first-order valence-electron chi connectivity index (χ1n) is 10.7. The molecule has 1 aromatic heterocycles. The van der Waals surface area contributed by atoms with Crippen LogP contribution >= 0.6 is 0 Å². The van der Waals surface area contributed by atoms with E-state index >= 15 is 0 Å². The van der Waals surface area contributed by atoms with Crippen LogP contribution in [0.15, 0.2) is 0 Å². The van der Waals surface area contributed by atoms with Crippen molar-refractivity contribution in [2.24, 2.45) is 17.8 Å². The summed E-state index contributed by atoms with van der Waals surface area (Å²) >= 11 is 0. The van der Waals surface area contributed by atoms with E-state index in [9.17, 15) is 4.79 Å². The Kier molecular flexibility index (Phi) is 6.90. The molecule has 2 unspecified atom stereocenters. The van der Waals surface area contributed by atoms with Gasteiger partial charge in [0.25, 0.3) is 0 Å². The third-order valence-corrected chi connectivity index (χ3v) is 6.25. The minimum Gasteiger partial charge on any atom is -0.461 e. The van der Waals surface area contributed by atoms with E-state index < -0.39 is 0 Å². The van der Waals surface area contributed by atoms with Crippen LogP contribution in [0.5, 0.6) is 0 Å². The standard InChI is InChI=1S/C21H36N4O2/c1-14-10-16(13-25(3)4)11-15(2)20(14)27-19(26)12-18-22-21(24-23-18)17-8-6-5-7-9-17/h14-17,20H,5-13H2,1-4H3,(H,22,23,24). The minimum atomic E-state index is -0.184. The molecular weight excluding hydrogens is 340 g/mol. The Hall–Kier alpha value is -1.43. The number of aromatic amines is 1. The molecule has 2 aliphatic rings. The lowest BCUT2D eigenvalue weighted by molar-refractivity contribution is -0.157. The number of hydrogen-bond acceptors (Lipinski definition) is 5. The highest BCUT2D eigenvalue weighted by Gasteiger charge is 2.36. The van der Waals surface area contributed by atoms with Crippen molar-refractivity contribution in [2.75, 3.05) is 20.6 Å². The lowest BCUT2D eigenvalue weighted by Crippen LogP contribution is -2.40. The van der Waals surface area contributed by atoms with E-state index in [-0.39, 0.29) is 18.5 Å². The first-order valence-corrected chi connectivity index (χ1v) is 10.7. The van der Waals surface area contributed by atoms with Gasteiger partial charge in [0.1, 0.15) is 18.3 Å². The van der Waals surface area contributed by atoms with E-state index in [0.29, 0.717) is 29.5 Å². The highest BCUT2D eigenvalue weighted by Crippen LogP contribution is 2.36. The molecule has 2 atom stereocenters. The van der Waals surface area contributed by atoms with Crippen molar-refractivity contribution in [2.45, 2.75) is 77.2 Å². The van der Waals surface area contributed by atoms with Gasteiger partial charge in [-0.3, -0.25) is 9.89 Å². The maximum atomic E-state index is 12.5. The molecule has 2 saturated carbocycles. The van der Waals surface area contributed by atoms with Gasteiger partial charge in [-0.25, -0.2) is 4.98 Å². The van der Waals surface area contributed by atoms with E-state index in [1.54, 1.807) is 0 Å². The molecule has 0 bridgehead atoms. The number of rotatable bonds is 6. The van der Waals surface area contributed by atoms with Crippen molar-refractivity contribution in [3.05, 3.63) is 11.6 Å². The number of ether oxygens (including phenoxy) is 1. The summed E-state index contributed by atoms with van der Waals surface area (Å²) in [5, 5.41) is 7.31. The summed E-state index contributed by atoms with van der Waals surface area (Å²) in [6, 6.07) is 0. The van der Waals surface area contributed by atoms with Gasteiger partial charge >= 0.3 is 5.97 Å². The van der Waals surface area contributed by atoms with Crippen LogP contribution in [0.1, 0.15) is 76.4 Å². The molecule has 0 saturated heterocycles. The number of carbonyl (C=O) groups excluding carboxylic acids is 1. The van der Waals surface area contributed by atoms with Crippen LogP contribution in [0, 0.1) is 17.8 Å². The van der Waals surface area contributed by atoms with Gasteiger partial charge < -0.3 is 9.64 Å². The first-order chi connectivity index (χ1) is 12.9. The summed E-state index contributed by atoms with van der Waals surface area (Å²) in [6.07, 6.45) is 8.58. The van der Waals surface area contributed by atoms with Gasteiger partial charge in [-0.2, -0.15) is 5.10 Å². The predicted molar refractivity (Wildman–Crippen MR) is 105 cm³/mol. The van der Waals surface area contributed by atoms with Crippen LogP contribution in [0.3, 0.4) is 0 Å². The molecule has 2 fully saturated rings. The van der Waals surface area contributed by atoms with Gasteiger partial charge in [0.15, 0.2) is 5.82 Å². The second-order valence-corrected chi connectivity index (χ2v) is 9.16. The fraction of sp³-hybridized carbons (Fsp3) is 0.857. The summed E-state index contributed by atoms with van der Waals surface area (Å²) in [6.45, 7) is 5.54. The van der Waals surface area contributed by atoms with Crippen molar-refractivity contribution in [3.8, 4) is 0 Å². The number of nitrogens with zero attached hydrogens (tertiary/aromatic N) is 3. The molecule has 152 valence electrons. The van der Waals surface area contributed by atoms with Gasteiger partial charge in [-0.05, 0) is 57.5 Å². The quantitative estimate of drug-likeness (QED) is 0.769. The van der Waals surface area contributed by atoms with Crippen molar-refractivity contribution in [1.82, 2.24) is 20.1 Å². The molecule has 0 spiro atoms. The minimum absolute atomic E-state index is 0.0108. The number of hydrogen-bond donors (Lipinski definition) is 1. The Balaban J connectivity index is 1.51. The first kappa shape index (κ1) is 20.3. The molecule has 6 nitrogen and oxygen atoms in total. The molecule has 0 radical (unpaired) electrons. The third kappa shape index (κ3) is 5.53. The molecule has 1 N–H and O–H groups in total. The van der Waals surface area contributed by atoms with E-state index in [1.165, 1.54) is 19.3 Å². The average Bonchev–Trinajstić information content (AvgIpc) is 3.07. The van der Waals surface area contributed by atoms with Crippen LogP contribution in [0.4, 0.5) is 0 Å². The fourth-order valence-corrected chi connectivity index (χ4v) is 5.14.